The smallest absolute Gasteiger partial charge is 0.419 e. The first-order valence-electron chi connectivity index (χ1n) is 3.56. The van der Waals surface area contributed by atoms with Crippen molar-refractivity contribution in [3.05, 3.63) is 0 Å². The number of nitrogens with one attached hydrogen (secondary N) is 1. The molecule has 0 radical (unpaired) electrons. The second-order valence-electron chi connectivity index (χ2n) is 2.75. The van der Waals surface area contributed by atoms with Gasteiger partial charge in [-0.15, -0.1) is 0 Å². The van der Waals surface area contributed by atoms with Crippen LogP contribution in [0.25, 0.3) is 0 Å². The van der Waals surface area contributed by atoms with Gasteiger partial charge < -0.3 is 10.1 Å². The van der Waals surface area contributed by atoms with E-state index in [0.717, 1.165) is 13.0 Å². The molecule has 0 saturated carbocycles. The van der Waals surface area contributed by atoms with Crippen molar-refractivity contribution >= 4 is 11.9 Å². The minimum Gasteiger partial charge on any atom is -0.419 e. The van der Waals surface area contributed by atoms with Gasteiger partial charge >= 0.3 is 6.09 Å². The molecule has 0 spiro atoms. The Morgan fingerprint density at radius 2 is 2.55 bits per heavy atom. The first-order valence-corrected chi connectivity index (χ1v) is 3.56. The number of amides is 1. The summed E-state index contributed by atoms with van der Waals surface area (Å²) in [5.74, 6) is 0.480. The summed E-state index contributed by atoms with van der Waals surface area (Å²) < 4.78 is 4.83. The maximum Gasteiger partial charge on any atom is 0.437 e. The Balaban J connectivity index is 2.29. The minimum atomic E-state index is -0.949. The van der Waals surface area contributed by atoms with Crippen LogP contribution in [0.4, 0.5) is 4.79 Å². The fourth-order valence-electron chi connectivity index (χ4n) is 1.33. The van der Waals surface area contributed by atoms with Gasteiger partial charge in [-0.05, 0) is 6.42 Å². The van der Waals surface area contributed by atoms with Crippen LogP contribution in [0.5, 0.6) is 0 Å². The molecular formula is C6H9N3O2. The highest BCUT2D eigenvalue weighted by atomic mass is 16.6. The van der Waals surface area contributed by atoms with Crippen molar-refractivity contribution in [2.45, 2.75) is 18.6 Å². The zero-order valence-electron chi connectivity index (χ0n) is 5.96. The molecular weight excluding hydrogens is 146 g/mol. The Kier molecular flexibility index (Phi) is 1.17. The normalized spacial score (nSPS) is 35.4. The zero-order valence-corrected chi connectivity index (χ0v) is 5.96. The number of rotatable bonds is 0. The van der Waals surface area contributed by atoms with Crippen LogP contribution >= 0.6 is 0 Å². The van der Waals surface area contributed by atoms with Gasteiger partial charge in [0.15, 0.2) is 5.84 Å². The minimum absolute atomic E-state index is 0.480. The molecule has 0 aromatic rings. The number of amidine groups is 1. The van der Waals surface area contributed by atoms with Gasteiger partial charge in [0.1, 0.15) is 0 Å². The third-order valence-corrected chi connectivity index (χ3v) is 1.89. The van der Waals surface area contributed by atoms with Gasteiger partial charge in [-0.25, -0.2) is 4.79 Å². The van der Waals surface area contributed by atoms with Gasteiger partial charge in [-0.3, -0.25) is 5.73 Å². The van der Waals surface area contributed by atoms with Crippen molar-refractivity contribution in [3.8, 4) is 0 Å². The molecule has 0 aliphatic carbocycles. The summed E-state index contributed by atoms with van der Waals surface area (Å²) in [6.45, 7) is 0.814. The Morgan fingerprint density at radius 1 is 1.73 bits per heavy atom. The summed E-state index contributed by atoms with van der Waals surface area (Å²) in [6, 6.07) is 0. The van der Waals surface area contributed by atoms with Crippen molar-refractivity contribution in [2.24, 2.45) is 10.7 Å². The number of nitrogens with zero attached hydrogens (tertiary/aromatic N) is 1. The lowest BCUT2D eigenvalue weighted by molar-refractivity contribution is 0.0723. The van der Waals surface area contributed by atoms with Crippen LogP contribution < -0.4 is 11.1 Å². The summed E-state index contributed by atoms with van der Waals surface area (Å²) in [4.78, 5) is 14.3. The van der Waals surface area contributed by atoms with Crippen LogP contribution in [-0.2, 0) is 4.74 Å². The van der Waals surface area contributed by atoms with E-state index in [4.69, 9.17) is 10.5 Å². The highest BCUT2D eigenvalue weighted by molar-refractivity contribution is 6.02. The van der Waals surface area contributed by atoms with E-state index < -0.39 is 11.8 Å². The Morgan fingerprint density at radius 3 is 3.27 bits per heavy atom. The lowest BCUT2D eigenvalue weighted by Gasteiger charge is -2.28. The Bertz CT molecular complexity index is 238. The zero-order chi connectivity index (χ0) is 7.90. The van der Waals surface area contributed by atoms with Gasteiger partial charge in [0.25, 0.3) is 0 Å². The van der Waals surface area contributed by atoms with Crippen molar-refractivity contribution in [1.29, 1.82) is 0 Å². The maximum absolute atomic E-state index is 10.7. The van der Waals surface area contributed by atoms with E-state index >= 15 is 0 Å². The molecule has 2 aliphatic rings. The van der Waals surface area contributed by atoms with Crippen LogP contribution in [0.15, 0.2) is 4.99 Å². The fraction of sp³-hybridized carbons (Fsp3) is 0.667. The predicted octanol–water partition coefficient (Wildman–Crippen LogP) is -0.427. The Hall–Kier alpha value is -1.10. The van der Waals surface area contributed by atoms with E-state index in [1.165, 1.54) is 0 Å². The van der Waals surface area contributed by atoms with E-state index in [2.05, 4.69) is 10.3 Å². The molecule has 0 bridgehead atoms. The molecule has 1 amide bonds. The third-order valence-electron chi connectivity index (χ3n) is 1.89. The van der Waals surface area contributed by atoms with E-state index in [0.29, 0.717) is 12.3 Å². The van der Waals surface area contributed by atoms with E-state index in [9.17, 15) is 4.79 Å². The molecule has 1 fully saturated rings. The highest BCUT2D eigenvalue weighted by Crippen LogP contribution is 2.22. The maximum atomic E-state index is 10.7. The predicted molar refractivity (Wildman–Crippen MR) is 38.1 cm³/mol. The molecule has 2 heterocycles. The van der Waals surface area contributed by atoms with E-state index in [1.807, 2.05) is 0 Å². The average molecular weight is 155 g/mol. The molecule has 5 nitrogen and oxygen atoms in total. The topological polar surface area (TPSA) is 76.7 Å². The number of ether oxygens (including phenoxy) is 1. The number of fused-ring (bicyclic) bond motifs is 1. The van der Waals surface area contributed by atoms with Gasteiger partial charge in [0.2, 0.25) is 5.72 Å². The molecule has 0 aromatic carbocycles. The third kappa shape index (κ3) is 0.883. The van der Waals surface area contributed by atoms with Crippen molar-refractivity contribution in [1.82, 2.24) is 5.32 Å². The van der Waals surface area contributed by atoms with Crippen LogP contribution in [-0.4, -0.2) is 24.2 Å². The molecule has 11 heavy (non-hydrogen) atoms. The fourth-order valence-corrected chi connectivity index (χ4v) is 1.33. The summed E-state index contributed by atoms with van der Waals surface area (Å²) in [6.07, 6.45) is 0.977. The molecule has 1 saturated heterocycles. The number of nitrogens with two attached hydrogens (primary N) is 1. The molecule has 3 N–H and O–H groups in total. The number of hydrogen-bond donors (Lipinski definition) is 2. The molecule has 2 aliphatic heterocycles. The molecule has 0 aromatic heterocycles. The van der Waals surface area contributed by atoms with Gasteiger partial charge in [0, 0.05) is 13.0 Å². The quantitative estimate of drug-likeness (QED) is 0.497. The van der Waals surface area contributed by atoms with E-state index in [-0.39, 0.29) is 0 Å². The molecule has 60 valence electrons. The molecule has 2 rings (SSSR count). The second kappa shape index (κ2) is 1.94. The average Bonchev–Trinajstić information content (AvgIpc) is 2.22. The highest BCUT2D eigenvalue weighted by Gasteiger charge is 2.43. The van der Waals surface area contributed by atoms with Gasteiger partial charge in [0.05, 0.1) is 0 Å². The lowest BCUT2D eigenvalue weighted by Crippen LogP contribution is -2.56. The number of carbonyl (C=O) groups is 1. The standard InChI is InChI=1S/C6H9N3O2/c7-6-2-1-3-8-4(6)9-5(10)11-6/h1-3,7H2,(H,8,9,10). The Labute approximate surface area is 63.6 Å². The van der Waals surface area contributed by atoms with Crippen LogP contribution in [0.3, 0.4) is 0 Å². The van der Waals surface area contributed by atoms with Gasteiger partial charge in [-0.2, -0.15) is 4.99 Å². The van der Waals surface area contributed by atoms with Crippen molar-refractivity contribution in [2.75, 3.05) is 6.54 Å². The number of carbonyl (C=O) groups excluding carboxylic acids is 1. The SMILES string of the molecule is NC12CCCNC1=NC(=O)O2. The van der Waals surface area contributed by atoms with Crippen LogP contribution in [0, 0.1) is 0 Å². The number of aliphatic imine (C=N–C) groups is 1. The first-order chi connectivity index (χ1) is 5.21. The summed E-state index contributed by atoms with van der Waals surface area (Å²) in [5, 5.41) is 2.93. The molecule has 1 unspecified atom stereocenters. The van der Waals surface area contributed by atoms with Crippen LogP contribution in [0.2, 0.25) is 0 Å². The first kappa shape index (κ1) is 6.60. The lowest BCUT2D eigenvalue weighted by atomic mass is 10.0. The van der Waals surface area contributed by atoms with Crippen molar-refractivity contribution in [3.63, 3.8) is 0 Å². The summed E-state index contributed by atoms with van der Waals surface area (Å²) in [7, 11) is 0. The summed E-state index contributed by atoms with van der Waals surface area (Å²) >= 11 is 0. The van der Waals surface area contributed by atoms with Gasteiger partial charge in [-0.1, -0.05) is 0 Å². The monoisotopic (exact) mass is 155 g/mol. The van der Waals surface area contributed by atoms with E-state index in [1.54, 1.807) is 0 Å². The summed E-state index contributed by atoms with van der Waals surface area (Å²) in [5.41, 5.74) is 4.77. The van der Waals surface area contributed by atoms with Crippen LogP contribution in [0.1, 0.15) is 12.8 Å². The van der Waals surface area contributed by atoms with Crippen molar-refractivity contribution < 1.29 is 9.53 Å². The molecule has 5 heteroatoms. The number of piperidine rings is 1. The number of hydrogen-bond acceptors (Lipinski definition) is 4. The second-order valence-corrected chi connectivity index (χ2v) is 2.75. The molecule has 1 atom stereocenters. The largest absolute Gasteiger partial charge is 0.437 e.